The van der Waals surface area contributed by atoms with Crippen molar-refractivity contribution in [3.63, 3.8) is 0 Å². The highest BCUT2D eigenvalue weighted by atomic mass is 19.4. The predicted molar refractivity (Wildman–Crippen MR) is 101 cm³/mol. The molecule has 0 spiro atoms. The number of amides is 2. The summed E-state index contributed by atoms with van der Waals surface area (Å²) in [5.74, 6) is 0.482. The Morgan fingerprint density at radius 1 is 1.31 bits per heavy atom. The first-order chi connectivity index (χ1) is 13.8. The second-order valence-corrected chi connectivity index (χ2v) is 7.12. The maximum atomic E-state index is 13.4. The lowest BCUT2D eigenvalue weighted by atomic mass is 9.88. The number of carbonyl (C=O) groups excluding carboxylic acids is 1. The molecule has 1 aromatic carbocycles. The molecule has 2 aromatic rings. The van der Waals surface area contributed by atoms with Gasteiger partial charge in [-0.15, -0.1) is 0 Å². The summed E-state index contributed by atoms with van der Waals surface area (Å²) in [5.41, 5.74) is -1.11. The van der Waals surface area contributed by atoms with Crippen LogP contribution in [0.1, 0.15) is 38.2 Å². The molecule has 0 bridgehead atoms. The summed E-state index contributed by atoms with van der Waals surface area (Å²) < 4.78 is 47.3. The van der Waals surface area contributed by atoms with Crippen LogP contribution in [0.2, 0.25) is 0 Å². The van der Waals surface area contributed by atoms with Gasteiger partial charge >= 0.3 is 12.2 Å². The van der Waals surface area contributed by atoms with Crippen molar-refractivity contribution in [2.75, 3.05) is 18.5 Å². The average Bonchev–Trinajstić information content (AvgIpc) is 3.21. The maximum Gasteiger partial charge on any atom is 0.418 e. The van der Waals surface area contributed by atoms with Crippen LogP contribution in [0.15, 0.2) is 30.9 Å². The number of carbonyl (C=O) groups is 1. The zero-order valence-electron chi connectivity index (χ0n) is 16.1. The number of rotatable bonds is 6. The summed E-state index contributed by atoms with van der Waals surface area (Å²) in [5, 5.41) is 8.62. The predicted octanol–water partition coefficient (Wildman–Crippen LogP) is 4.00. The third-order valence-electron chi connectivity index (χ3n) is 4.99. The van der Waals surface area contributed by atoms with Gasteiger partial charge in [0.2, 0.25) is 0 Å². The zero-order valence-corrected chi connectivity index (χ0v) is 16.1. The zero-order chi connectivity index (χ0) is 20.9. The Morgan fingerprint density at radius 2 is 2.10 bits per heavy atom. The molecule has 2 atom stereocenters. The van der Waals surface area contributed by atoms with Gasteiger partial charge in [-0.05, 0) is 37.0 Å². The summed E-state index contributed by atoms with van der Waals surface area (Å²) in [6.45, 7) is 2.68. The van der Waals surface area contributed by atoms with Gasteiger partial charge in [0.25, 0.3) is 0 Å². The maximum absolute atomic E-state index is 13.4. The molecular weight excluding hydrogens is 387 g/mol. The van der Waals surface area contributed by atoms with Crippen LogP contribution in [0, 0.1) is 5.92 Å². The van der Waals surface area contributed by atoms with Crippen molar-refractivity contribution >= 4 is 11.7 Å². The van der Waals surface area contributed by atoms with E-state index in [4.69, 9.17) is 4.74 Å². The van der Waals surface area contributed by atoms with E-state index in [1.807, 2.05) is 0 Å². The molecule has 2 N–H and O–H groups in total. The van der Waals surface area contributed by atoms with E-state index in [0.717, 1.165) is 25.3 Å². The first-order valence-corrected chi connectivity index (χ1v) is 9.57. The van der Waals surface area contributed by atoms with Crippen molar-refractivity contribution in [1.82, 2.24) is 20.1 Å². The topological polar surface area (TPSA) is 81.1 Å². The summed E-state index contributed by atoms with van der Waals surface area (Å²) in [4.78, 5) is 15.8. The molecule has 3 rings (SSSR count). The normalized spacial score (nSPS) is 19.7. The molecule has 0 aliphatic heterocycles. The molecule has 0 unspecified atom stereocenters. The van der Waals surface area contributed by atoms with Crippen LogP contribution >= 0.6 is 0 Å². The number of nitrogens with zero attached hydrogens (tertiary/aromatic N) is 3. The van der Waals surface area contributed by atoms with Crippen molar-refractivity contribution in [3.05, 3.63) is 36.4 Å². The summed E-state index contributed by atoms with van der Waals surface area (Å²) in [7, 11) is 0. The lowest BCUT2D eigenvalue weighted by Gasteiger charge is -2.28. The molecule has 2 amide bonds. The Morgan fingerprint density at radius 3 is 2.79 bits per heavy atom. The van der Waals surface area contributed by atoms with Gasteiger partial charge < -0.3 is 15.4 Å². The number of halogens is 3. The number of urea groups is 1. The monoisotopic (exact) mass is 411 g/mol. The van der Waals surface area contributed by atoms with Crippen LogP contribution in [0.25, 0.3) is 5.69 Å². The van der Waals surface area contributed by atoms with Crippen LogP contribution < -0.4 is 10.6 Å². The molecule has 1 aliphatic carbocycles. The van der Waals surface area contributed by atoms with Crippen molar-refractivity contribution in [2.24, 2.45) is 5.92 Å². The molecule has 1 aliphatic rings. The summed E-state index contributed by atoms with van der Waals surface area (Å²) >= 11 is 0. The number of hydrogen-bond donors (Lipinski definition) is 2. The van der Waals surface area contributed by atoms with Gasteiger partial charge in [-0.2, -0.15) is 18.3 Å². The molecule has 7 nitrogen and oxygen atoms in total. The van der Waals surface area contributed by atoms with Crippen LogP contribution in [-0.2, 0) is 10.9 Å². The number of aromatic nitrogens is 3. The number of ether oxygens (including phenoxy) is 1. The lowest BCUT2D eigenvalue weighted by molar-refractivity contribution is -0.136. The number of anilines is 1. The van der Waals surface area contributed by atoms with Crippen molar-refractivity contribution in [3.8, 4) is 5.69 Å². The molecule has 0 radical (unpaired) electrons. The summed E-state index contributed by atoms with van der Waals surface area (Å²) in [6, 6.07) is 2.81. The van der Waals surface area contributed by atoms with Crippen LogP contribution in [0.5, 0.6) is 0 Å². The number of hydrogen-bond acceptors (Lipinski definition) is 4. The molecule has 1 saturated carbocycles. The van der Waals surface area contributed by atoms with Gasteiger partial charge in [0.05, 0.1) is 29.6 Å². The number of benzene rings is 1. The molecule has 158 valence electrons. The van der Waals surface area contributed by atoms with Crippen molar-refractivity contribution in [1.29, 1.82) is 0 Å². The van der Waals surface area contributed by atoms with E-state index in [1.54, 1.807) is 0 Å². The van der Waals surface area contributed by atoms with Crippen molar-refractivity contribution in [2.45, 2.75) is 44.9 Å². The quantitative estimate of drug-likeness (QED) is 0.704. The Bertz CT molecular complexity index is 811. The Hall–Kier alpha value is -2.62. The third kappa shape index (κ3) is 5.69. The Labute approximate surface area is 166 Å². The Balaban J connectivity index is 1.56. The van der Waals surface area contributed by atoms with E-state index in [2.05, 4.69) is 27.6 Å². The highest BCUT2D eigenvalue weighted by Gasteiger charge is 2.34. The molecule has 1 aromatic heterocycles. The molecular formula is C19H24F3N5O2. The number of nitrogens with one attached hydrogen (secondary N) is 2. The second-order valence-electron chi connectivity index (χ2n) is 7.12. The third-order valence-corrected chi connectivity index (χ3v) is 4.99. The fourth-order valence-electron chi connectivity index (χ4n) is 3.43. The van der Waals surface area contributed by atoms with Gasteiger partial charge in [0.1, 0.15) is 12.7 Å². The first-order valence-electron chi connectivity index (χ1n) is 9.57. The summed E-state index contributed by atoms with van der Waals surface area (Å²) in [6.07, 6.45) is 2.52. The molecule has 10 heteroatoms. The first kappa shape index (κ1) is 21.1. The number of alkyl halides is 3. The molecule has 0 saturated heterocycles. The Kier molecular flexibility index (Phi) is 6.73. The van der Waals surface area contributed by atoms with Crippen LogP contribution in [0.4, 0.5) is 23.7 Å². The second kappa shape index (κ2) is 9.25. The van der Waals surface area contributed by atoms with Gasteiger partial charge in [0.15, 0.2) is 0 Å². The van der Waals surface area contributed by atoms with Crippen LogP contribution in [0.3, 0.4) is 0 Å². The lowest BCUT2D eigenvalue weighted by Crippen LogP contribution is -2.34. The molecule has 29 heavy (non-hydrogen) atoms. The highest BCUT2D eigenvalue weighted by Crippen LogP contribution is 2.36. The van der Waals surface area contributed by atoms with Gasteiger partial charge in [-0.3, -0.25) is 0 Å². The van der Waals surface area contributed by atoms with E-state index in [9.17, 15) is 18.0 Å². The van der Waals surface area contributed by atoms with Gasteiger partial charge in [-0.25, -0.2) is 14.5 Å². The van der Waals surface area contributed by atoms with Gasteiger partial charge in [0, 0.05) is 6.54 Å². The SMILES string of the molecule is C[C@@H]1CCCC[C@H]1OCCNC(=O)Nc1ccc(-n2cncn2)cc1C(F)(F)F. The fourth-order valence-corrected chi connectivity index (χ4v) is 3.43. The van der Waals surface area contributed by atoms with Crippen molar-refractivity contribution < 1.29 is 22.7 Å². The molecule has 1 heterocycles. The van der Waals surface area contributed by atoms with E-state index >= 15 is 0 Å². The van der Waals surface area contributed by atoms with E-state index in [0.29, 0.717) is 12.5 Å². The standard InChI is InChI=1S/C19H24F3N5O2/c1-13-4-2-3-5-17(13)29-9-8-24-18(28)26-16-7-6-14(27-12-23-11-25-27)10-15(16)19(20,21)22/h6-7,10-13,17H,2-5,8-9H2,1H3,(H2,24,26,28)/t13-,17-/m1/s1. The smallest absolute Gasteiger partial charge is 0.376 e. The van der Waals surface area contributed by atoms with E-state index in [-0.39, 0.29) is 24.0 Å². The van der Waals surface area contributed by atoms with Gasteiger partial charge in [-0.1, -0.05) is 19.8 Å². The minimum Gasteiger partial charge on any atom is -0.376 e. The minimum atomic E-state index is -4.64. The highest BCUT2D eigenvalue weighted by molar-refractivity contribution is 5.90. The molecule has 1 fully saturated rings. The minimum absolute atomic E-state index is 0.176. The fraction of sp³-hybridized carbons (Fsp3) is 0.526. The van der Waals surface area contributed by atoms with E-state index < -0.39 is 17.8 Å². The van der Waals surface area contributed by atoms with Crippen LogP contribution in [-0.4, -0.2) is 40.1 Å². The average molecular weight is 411 g/mol. The largest absolute Gasteiger partial charge is 0.418 e. The van der Waals surface area contributed by atoms with E-state index in [1.165, 1.54) is 35.9 Å².